The van der Waals surface area contributed by atoms with Gasteiger partial charge >= 0.3 is 0 Å². The van der Waals surface area contributed by atoms with Crippen molar-refractivity contribution in [1.82, 2.24) is 4.90 Å². The van der Waals surface area contributed by atoms with E-state index < -0.39 is 0 Å². The van der Waals surface area contributed by atoms with Gasteiger partial charge in [-0.25, -0.2) is 4.39 Å². The number of halogens is 1. The van der Waals surface area contributed by atoms with Crippen LogP contribution in [0, 0.1) is 23.1 Å². The average Bonchev–Trinajstić information content (AvgIpc) is 2.91. The first-order valence-corrected chi connectivity index (χ1v) is 7.38. The molecule has 1 aromatic carbocycles. The maximum absolute atomic E-state index is 12.9. The molecule has 21 heavy (non-hydrogen) atoms. The van der Waals surface area contributed by atoms with Gasteiger partial charge in [-0.05, 0) is 42.9 Å². The Hall–Kier alpha value is -1.64. The first kappa shape index (κ1) is 15.7. The minimum Gasteiger partial charge on any atom is -0.341 e. The molecule has 2 nitrogen and oxygen atoms in total. The summed E-state index contributed by atoms with van der Waals surface area (Å²) in [5.41, 5.74) is 2.24. The zero-order valence-corrected chi connectivity index (χ0v) is 13.5. The fraction of sp³-hybridized carbons (Fsp3) is 0.500. The summed E-state index contributed by atoms with van der Waals surface area (Å²) in [6, 6.07) is 6.32. The maximum Gasteiger partial charge on any atom is 0.226 e. The average molecular weight is 289 g/mol. The van der Waals surface area contributed by atoms with Crippen LogP contribution in [0.2, 0.25) is 0 Å². The summed E-state index contributed by atoms with van der Waals surface area (Å²) in [7, 11) is 1.82. The lowest BCUT2D eigenvalue weighted by Gasteiger charge is -2.18. The van der Waals surface area contributed by atoms with Crippen LogP contribution < -0.4 is 0 Å². The second-order valence-corrected chi connectivity index (χ2v) is 6.89. The second-order valence-electron chi connectivity index (χ2n) is 6.89. The third-order valence-electron chi connectivity index (χ3n) is 4.40. The zero-order valence-electron chi connectivity index (χ0n) is 13.5. The topological polar surface area (TPSA) is 20.3 Å². The molecule has 2 rings (SSSR count). The van der Waals surface area contributed by atoms with Crippen LogP contribution >= 0.6 is 0 Å². The standard InChI is InChI=1S/C18H24FNO/c1-12(2)10-15-16(18(15,3)4)17(21)20(5)11-13-6-8-14(19)9-7-13/h6-10,15-16H,11H2,1-5H3. The van der Waals surface area contributed by atoms with Crippen molar-refractivity contribution in [3.63, 3.8) is 0 Å². The Morgan fingerprint density at radius 1 is 1.29 bits per heavy atom. The third kappa shape index (κ3) is 3.34. The Balaban J connectivity index is 2.03. The molecule has 3 heteroatoms. The van der Waals surface area contributed by atoms with Gasteiger partial charge in [-0.1, -0.05) is 37.6 Å². The van der Waals surface area contributed by atoms with E-state index in [1.54, 1.807) is 17.0 Å². The molecule has 0 aliphatic heterocycles. The van der Waals surface area contributed by atoms with E-state index in [2.05, 4.69) is 33.8 Å². The molecule has 1 aliphatic carbocycles. The van der Waals surface area contributed by atoms with E-state index in [0.717, 1.165) is 5.56 Å². The van der Waals surface area contributed by atoms with Crippen molar-refractivity contribution in [1.29, 1.82) is 0 Å². The van der Waals surface area contributed by atoms with Gasteiger partial charge in [-0.3, -0.25) is 4.79 Å². The lowest BCUT2D eigenvalue weighted by molar-refractivity contribution is -0.132. The first-order valence-electron chi connectivity index (χ1n) is 7.38. The van der Waals surface area contributed by atoms with Crippen molar-refractivity contribution in [2.24, 2.45) is 17.3 Å². The lowest BCUT2D eigenvalue weighted by Crippen LogP contribution is -2.29. The number of carbonyl (C=O) groups excluding carboxylic acids is 1. The highest BCUT2D eigenvalue weighted by Crippen LogP contribution is 2.60. The predicted octanol–water partition coefficient (Wildman–Crippen LogP) is 4.02. The molecule has 2 unspecified atom stereocenters. The Kier molecular flexibility index (Phi) is 4.22. The molecular formula is C18H24FNO. The number of amides is 1. The van der Waals surface area contributed by atoms with Crippen molar-refractivity contribution in [2.45, 2.75) is 34.2 Å². The lowest BCUT2D eigenvalue weighted by atomic mass is 10.1. The van der Waals surface area contributed by atoms with Crippen LogP contribution in [0.1, 0.15) is 33.3 Å². The van der Waals surface area contributed by atoms with Crippen LogP contribution in [0.4, 0.5) is 4.39 Å². The molecule has 1 amide bonds. The number of nitrogens with zero attached hydrogens (tertiary/aromatic N) is 1. The van der Waals surface area contributed by atoms with Gasteiger partial charge in [0.2, 0.25) is 5.91 Å². The summed E-state index contributed by atoms with van der Waals surface area (Å²) < 4.78 is 12.9. The van der Waals surface area contributed by atoms with E-state index in [9.17, 15) is 9.18 Å². The van der Waals surface area contributed by atoms with E-state index in [4.69, 9.17) is 0 Å². The van der Waals surface area contributed by atoms with Gasteiger partial charge in [-0.15, -0.1) is 0 Å². The fourth-order valence-corrected chi connectivity index (χ4v) is 3.00. The summed E-state index contributed by atoms with van der Waals surface area (Å²) >= 11 is 0. The summed E-state index contributed by atoms with van der Waals surface area (Å²) in [6.45, 7) is 8.94. The molecule has 1 aliphatic rings. The quantitative estimate of drug-likeness (QED) is 0.767. The first-order chi connectivity index (χ1) is 9.73. The number of hydrogen-bond acceptors (Lipinski definition) is 1. The smallest absolute Gasteiger partial charge is 0.226 e. The summed E-state index contributed by atoms with van der Waals surface area (Å²) in [5, 5.41) is 0. The molecular weight excluding hydrogens is 265 g/mol. The van der Waals surface area contributed by atoms with Crippen LogP contribution in [-0.2, 0) is 11.3 Å². The molecule has 0 spiro atoms. The number of hydrogen-bond donors (Lipinski definition) is 0. The highest BCUT2D eigenvalue weighted by molar-refractivity contribution is 5.83. The van der Waals surface area contributed by atoms with E-state index in [1.165, 1.54) is 17.7 Å². The molecule has 0 saturated heterocycles. The zero-order chi connectivity index (χ0) is 15.8. The largest absolute Gasteiger partial charge is 0.341 e. The van der Waals surface area contributed by atoms with Crippen molar-refractivity contribution in [3.05, 3.63) is 47.3 Å². The number of carbonyl (C=O) groups is 1. The van der Waals surface area contributed by atoms with Crippen LogP contribution in [-0.4, -0.2) is 17.9 Å². The van der Waals surface area contributed by atoms with Gasteiger partial charge in [0.25, 0.3) is 0 Å². The molecule has 0 bridgehead atoms. The van der Waals surface area contributed by atoms with Crippen LogP contribution in [0.5, 0.6) is 0 Å². The van der Waals surface area contributed by atoms with E-state index in [-0.39, 0.29) is 23.1 Å². The Morgan fingerprint density at radius 2 is 1.86 bits per heavy atom. The minimum atomic E-state index is -0.250. The van der Waals surface area contributed by atoms with Gasteiger partial charge in [-0.2, -0.15) is 0 Å². The molecule has 114 valence electrons. The SMILES string of the molecule is CC(C)=CC1C(C(=O)N(C)Cc2ccc(F)cc2)C1(C)C. The molecule has 2 atom stereocenters. The second kappa shape index (κ2) is 5.63. The third-order valence-corrected chi connectivity index (χ3v) is 4.40. The van der Waals surface area contributed by atoms with Crippen molar-refractivity contribution >= 4 is 5.91 Å². The van der Waals surface area contributed by atoms with Gasteiger partial charge < -0.3 is 4.90 Å². The van der Waals surface area contributed by atoms with Gasteiger partial charge in [0.05, 0.1) is 5.92 Å². The molecule has 0 radical (unpaired) electrons. The summed E-state index contributed by atoms with van der Waals surface area (Å²) in [6.07, 6.45) is 2.20. The molecule has 0 aromatic heterocycles. The predicted molar refractivity (Wildman–Crippen MR) is 83.1 cm³/mol. The Morgan fingerprint density at radius 3 is 2.38 bits per heavy atom. The van der Waals surface area contributed by atoms with Crippen LogP contribution in [0.3, 0.4) is 0 Å². The van der Waals surface area contributed by atoms with Gasteiger partial charge in [0.15, 0.2) is 0 Å². The summed E-state index contributed by atoms with van der Waals surface area (Å²) in [5.74, 6) is 0.301. The minimum absolute atomic E-state index is 0.0331. The number of benzene rings is 1. The van der Waals surface area contributed by atoms with Gasteiger partial charge in [0, 0.05) is 13.6 Å². The van der Waals surface area contributed by atoms with Crippen LogP contribution in [0.15, 0.2) is 35.9 Å². The molecule has 1 aromatic rings. The maximum atomic E-state index is 12.9. The summed E-state index contributed by atoms with van der Waals surface area (Å²) in [4.78, 5) is 14.4. The normalized spacial score (nSPS) is 22.6. The van der Waals surface area contributed by atoms with Crippen LogP contribution in [0.25, 0.3) is 0 Å². The fourth-order valence-electron chi connectivity index (χ4n) is 3.00. The highest BCUT2D eigenvalue weighted by Gasteiger charge is 2.60. The number of rotatable bonds is 4. The number of allylic oxidation sites excluding steroid dienone is 2. The molecule has 1 fully saturated rings. The molecule has 0 heterocycles. The highest BCUT2D eigenvalue weighted by atomic mass is 19.1. The van der Waals surface area contributed by atoms with E-state index >= 15 is 0 Å². The molecule has 0 N–H and O–H groups in total. The van der Waals surface area contributed by atoms with Crippen molar-refractivity contribution in [2.75, 3.05) is 7.05 Å². The van der Waals surface area contributed by atoms with E-state index in [1.807, 2.05) is 7.05 Å². The Bertz CT molecular complexity index is 555. The molecule has 1 saturated carbocycles. The van der Waals surface area contributed by atoms with Crippen molar-refractivity contribution in [3.8, 4) is 0 Å². The van der Waals surface area contributed by atoms with Crippen molar-refractivity contribution < 1.29 is 9.18 Å². The monoisotopic (exact) mass is 289 g/mol. The van der Waals surface area contributed by atoms with E-state index in [0.29, 0.717) is 12.5 Å². The Labute approximate surface area is 126 Å². The van der Waals surface area contributed by atoms with Gasteiger partial charge in [0.1, 0.15) is 5.82 Å².